The van der Waals surface area contributed by atoms with Crippen LogP contribution >= 0.6 is 0 Å². The third-order valence-corrected chi connectivity index (χ3v) is 8.90. The van der Waals surface area contributed by atoms with Gasteiger partial charge in [-0.2, -0.15) is 0 Å². The summed E-state index contributed by atoms with van der Waals surface area (Å²) >= 11 is 0. The molecule has 0 aromatic rings. The van der Waals surface area contributed by atoms with E-state index < -0.39 is 29.8 Å². The van der Waals surface area contributed by atoms with E-state index >= 15 is 0 Å². The Morgan fingerprint density at radius 3 is 1.94 bits per heavy atom. The van der Waals surface area contributed by atoms with E-state index in [0.29, 0.717) is 70.0 Å². The zero-order valence-corrected chi connectivity index (χ0v) is 28.7. The van der Waals surface area contributed by atoms with Crippen molar-refractivity contribution < 1.29 is 28.8 Å². The quantitative estimate of drug-likeness (QED) is 0.0450. The van der Waals surface area contributed by atoms with E-state index in [9.17, 15) is 28.8 Å². The summed E-state index contributed by atoms with van der Waals surface area (Å²) in [4.78, 5) is 74.2. The number of unbranched alkanes of at least 4 members (excludes halogenated alkanes) is 3. The molecule has 2 atom stereocenters. The van der Waals surface area contributed by atoms with Crippen LogP contribution in [-0.2, 0) is 28.8 Å². The average Bonchev–Trinajstić information content (AvgIpc) is 3.56. The summed E-state index contributed by atoms with van der Waals surface area (Å²) < 4.78 is 0. The second-order valence-corrected chi connectivity index (χ2v) is 13.0. The second-order valence-electron chi connectivity index (χ2n) is 13.0. The third kappa shape index (κ3) is 18.7. The molecule has 0 heterocycles. The van der Waals surface area contributed by atoms with Crippen LogP contribution in [-0.4, -0.2) is 92.8 Å². The van der Waals surface area contributed by atoms with E-state index in [4.69, 9.17) is 5.73 Å². The van der Waals surface area contributed by atoms with Crippen LogP contribution in [0.2, 0.25) is 0 Å². The van der Waals surface area contributed by atoms with E-state index in [2.05, 4.69) is 43.8 Å². The highest BCUT2D eigenvalue weighted by Crippen LogP contribution is 2.25. The Balaban J connectivity index is 1.73. The maximum absolute atomic E-state index is 13.1. The predicted octanol–water partition coefficient (Wildman–Crippen LogP) is 0.409. The molecule has 0 saturated heterocycles. The number of hydrogen-bond acceptors (Lipinski definition) is 8. The smallest absolute Gasteiger partial charge is 0.243 e. The van der Waals surface area contributed by atoms with Crippen LogP contribution in [0.25, 0.3) is 0 Å². The van der Waals surface area contributed by atoms with Crippen molar-refractivity contribution in [3.8, 4) is 0 Å². The molecule has 0 unspecified atom stereocenters. The SMILES string of the molecule is C=CCCCC(=O)NCCCC[C@H](NC(=O)CNC(=O)[C@H](CCCCNC(=O)CNC1CCCC1)NC(=O)CNCC1CCC1)C(N)=O. The molecular weight excluding hydrogens is 616 g/mol. The molecule has 0 radical (unpaired) electrons. The van der Waals surface area contributed by atoms with Crippen LogP contribution in [0.4, 0.5) is 0 Å². The summed E-state index contributed by atoms with van der Waals surface area (Å²) in [6, 6.07) is -1.37. The fraction of sp³-hybridized carbons (Fsp3) is 0.765. The van der Waals surface area contributed by atoms with Crippen LogP contribution < -0.4 is 43.0 Å². The van der Waals surface area contributed by atoms with Crippen LogP contribution in [0, 0.1) is 5.92 Å². The lowest BCUT2D eigenvalue weighted by molar-refractivity contribution is -0.131. The fourth-order valence-corrected chi connectivity index (χ4v) is 5.75. The van der Waals surface area contributed by atoms with Gasteiger partial charge in [0.05, 0.1) is 19.6 Å². The number of carbonyl (C=O) groups is 6. The fourth-order valence-electron chi connectivity index (χ4n) is 5.75. The van der Waals surface area contributed by atoms with Crippen molar-refractivity contribution in [1.29, 1.82) is 0 Å². The topological polar surface area (TPSA) is 213 Å². The van der Waals surface area contributed by atoms with Crippen LogP contribution in [0.15, 0.2) is 12.7 Å². The van der Waals surface area contributed by atoms with Gasteiger partial charge in [-0.25, -0.2) is 0 Å². The number of carbonyl (C=O) groups excluding carboxylic acids is 6. The molecule has 272 valence electrons. The first-order valence-electron chi connectivity index (χ1n) is 17.9. The number of hydrogen-bond donors (Lipinski definition) is 8. The van der Waals surface area contributed by atoms with Crippen molar-refractivity contribution in [2.24, 2.45) is 11.7 Å². The molecule has 0 aromatic heterocycles. The van der Waals surface area contributed by atoms with Crippen LogP contribution in [0.3, 0.4) is 0 Å². The van der Waals surface area contributed by atoms with Gasteiger partial charge in [-0.1, -0.05) is 25.3 Å². The molecule has 14 nitrogen and oxygen atoms in total. The van der Waals surface area contributed by atoms with E-state index in [1.807, 2.05) is 0 Å². The van der Waals surface area contributed by atoms with Gasteiger partial charge in [0.1, 0.15) is 12.1 Å². The highest BCUT2D eigenvalue weighted by atomic mass is 16.2. The minimum Gasteiger partial charge on any atom is -0.368 e. The first-order valence-corrected chi connectivity index (χ1v) is 17.9. The Hall–Kier alpha value is -3.52. The lowest BCUT2D eigenvalue weighted by atomic mass is 9.85. The summed E-state index contributed by atoms with van der Waals surface area (Å²) in [5, 5.41) is 20.0. The highest BCUT2D eigenvalue weighted by Gasteiger charge is 2.23. The number of nitrogens with two attached hydrogens (primary N) is 1. The van der Waals surface area contributed by atoms with Gasteiger partial charge in [-0.15, -0.1) is 6.58 Å². The molecule has 2 fully saturated rings. The zero-order valence-electron chi connectivity index (χ0n) is 28.7. The van der Waals surface area contributed by atoms with E-state index in [-0.39, 0.29) is 37.4 Å². The maximum Gasteiger partial charge on any atom is 0.243 e. The van der Waals surface area contributed by atoms with Crippen molar-refractivity contribution in [1.82, 2.24) is 37.2 Å². The Morgan fingerprint density at radius 1 is 0.688 bits per heavy atom. The molecule has 0 aromatic carbocycles. The first-order chi connectivity index (χ1) is 23.2. The number of allylic oxidation sites excluding steroid dienone is 1. The van der Waals surface area contributed by atoms with Gasteiger partial charge >= 0.3 is 0 Å². The van der Waals surface area contributed by atoms with Crippen molar-refractivity contribution in [2.75, 3.05) is 39.3 Å². The van der Waals surface area contributed by atoms with Crippen molar-refractivity contribution in [3.63, 3.8) is 0 Å². The average molecular weight is 677 g/mol. The van der Waals surface area contributed by atoms with Gasteiger partial charge in [0.25, 0.3) is 0 Å². The minimum atomic E-state index is -0.918. The van der Waals surface area contributed by atoms with Crippen molar-refractivity contribution >= 4 is 35.4 Å². The van der Waals surface area contributed by atoms with Gasteiger partial charge in [0.2, 0.25) is 35.4 Å². The maximum atomic E-state index is 13.1. The number of primary amides is 1. The monoisotopic (exact) mass is 676 g/mol. The normalized spacial score (nSPS) is 15.8. The lowest BCUT2D eigenvalue weighted by Crippen LogP contribution is -2.52. The zero-order chi connectivity index (χ0) is 35.0. The second kappa shape index (κ2) is 24.6. The van der Waals surface area contributed by atoms with Crippen molar-refractivity contribution in [2.45, 2.75) is 121 Å². The van der Waals surface area contributed by atoms with Crippen LogP contribution in [0.1, 0.15) is 103 Å². The Bertz CT molecular complexity index is 1030. The number of rotatable bonds is 27. The largest absolute Gasteiger partial charge is 0.368 e. The van der Waals surface area contributed by atoms with E-state index in [0.717, 1.165) is 45.1 Å². The van der Waals surface area contributed by atoms with Gasteiger partial charge in [0, 0.05) is 25.6 Å². The summed E-state index contributed by atoms with van der Waals surface area (Å²) in [7, 11) is 0. The van der Waals surface area contributed by atoms with Gasteiger partial charge in [-0.05, 0) is 89.5 Å². The molecule has 14 heteroatoms. The molecule has 0 bridgehead atoms. The molecule has 2 aliphatic carbocycles. The van der Waals surface area contributed by atoms with Gasteiger partial charge < -0.3 is 43.0 Å². The molecule has 0 aliphatic heterocycles. The molecule has 6 amide bonds. The Morgan fingerprint density at radius 2 is 1.31 bits per heavy atom. The molecule has 48 heavy (non-hydrogen) atoms. The molecular formula is C34H60N8O6. The first kappa shape index (κ1) is 40.7. The third-order valence-electron chi connectivity index (χ3n) is 8.90. The molecule has 9 N–H and O–H groups in total. The summed E-state index contributed by atoms with van der Waals surface area (Å²) in [5.41, 5.74) is 5.49. The highest BCUT2D eigenvalue weighted by molar-refractivity contribution is 5.92. The van der Waals surface area contributed by atoms with Crippen LogP contribution in [0.5, 0.6) is 0 Å². The standard InChI is InChI=1S/C34H60N8O6/c1-2-3-4-18-29(43)37-19-9-7-16-27(33(35)47)41-32(46)24-40-34(48)28(42-31(45)22-36-21-25-12-11-13-25)17-8-10-20-38-30(44)23-39-26-14-5-6-15-26/h2,25-28,36,39H,1,3-24H2,(H2,35,47)(H,37,43)(H,38,44)(H,40,48)(H,41,46)(H,42,45)/t27-,28-/m0/s1. The Kier molecular flexibility index (Phi) is 20.8. The summed E-state index contributed by atoms with van der Waals surface area (Å²) in [6.07, 6.45) is 14.8. The van der Waals surface area contributed by atoms with Crippen molar-refractivity contribution in [3.05, 3.63) is 12.7 Å². The predicted molar refractivity (Wildman–Crippen MR) is 184 cm³/mol. The minimum absolute atomic E-state index is 0.0409. The summed E-state index contributed by atoms with van der Waals surface area (Å²) in [5.74, 6) is -1.62. The van der Waals surface area contributed by atoms with Gasteiger partial charge in [0.15, 0.2) is 0 Å². The molecule has 2 rings (SSSR count). The molecule has 2 aliphatic rings. The summed E-state index contributed by atoms with van der Waals surface area (Å²) in [6.45, 7) is 5.28. The van der Waals surface area contributed by atoms with E-state index in [1.54, 1.807) is 6.08 Å². The lowest BCUT2D eigenvalue weighted by Gasteiger charge is -2.25. The molecule has 2 saturated carbocycles. The van der Waals surface area contributed by atoms with Gasteiger partial charge in [-0.3, -0.25) is 28.8 Å². The number of nitrogens with one attached hydrogen (secondary N) is 7. The molecule has 0 spiro atoms. The van der Waals surface area contributed by atoms with E-state index in [1.165, 1.54) is 19.3 Å². The Labute approximate surface area is 285 Å². The number of amides is 6.